The molecule has 1 saturated carbocycles. The smallest absolute Gasteiger partial charge is 0.251 e. The molecule has 0 bridgehead atoms. The predicted molar refractivity (Wildman–Crippen MR) is 125 cm³/mol. The summed E-state index contributed by atoms with van der Waals surface area (Å²) in [6.45, 7) is 3.76. The number of halogens is 1. The van der Waals surface area contributed by atoms with Gasteiger partial charge in [0.05, 0.1) is 11.6 Å². The first-order valence-corrected chi connectivity index (χ1v) is 11.0. The minimum Gasteiger partial charge on any atom is -0.437 e. The molecule has 9 heteroatoms. The molecule has 1 aliphatic heterocycles. The van der Waals surface area contributed by atoms with Crippen LogP contribution in [0.15, 0.2) is 48.7 Å². The first-order valence-electron chi connectivity index (χ1n) is 10.6. The summed E-state index contributed by atoms with van der Waals surface area (Å²) in [7, 11) is 0. The molecule has 2 amide bonds. The lowest BCUT2D eigenvalue weighted by Gasteiger charge is -2.16. The maximum Gasteiger partial charge on any atom is 0.251 e. The summed E-state index contributed by atoms with van der Waals surface area (Å²) in [5, 5.41) is 9.22. The zero-order valence-corrected chi connectivity index (χ0v) is 18.9. The van der Waals surface area contributed by atoms with Crippen LogP contribution in [0.3, 0.4) is 0 Å². The van der Waals surface area contributed by atoms with Crippen LogP contribution in [0, 0.1) is 0 Å². The third-order valence-corrected chi connectivity index (χ3v) is 5.98. The second kappa shape index (κ2) is 8.04. The van der Waals surface area contributed by atoms with Crippen molar-refractivity contribution in [3.05, 3.63) is 64.8 Å². The lowest BCUT2D eigenvalue weighted by molar-refractivity contribution is -0.119. The normalized spacial score (nSPS) is 16.0. The molecule has 0 spiro atoms. The molecular weight excluding hydrogens is 442 g/mol. The summed E-state index contributed by atoms with van der Waals surface area (Å²) in [5.74, 6) is 0.843. The molecule has 1 aliphatic carbocycles. The lowest BCUT2D eigenvalue weighted by Crippen LogP contribution is -2.26. The van der Waals surface area contributed by atoms with Crippen molar-refractivity contribution in [3.8, 4) is 11.6 Å². The van der Waals surface area contributed by atoms with Crippen LogP contribution in [0.25, 0.3) is 0 Å². The summed E-state index contributed by atoms with van der Waals surface area (Å²) in [4.78, 5) is 32.9. The van der Waals surface area contributed by atoms with Crippen LogP contribution < -0.4 is 20.7 Å². The van der Waals surface area contributed by atoms with Crippen LogP contribution in [0.1, 0.15) is 42.6 Å². The van der Waals surface area contributed by atoms with Gasteiger partial charge < -0.3 is 20.7 Å². The van der Waals surface area contributed by atoms with Crippen molar-refractivity contribution in [3.63, 3.8) is 0 Å². The Morgan fingerprint density at radius 2 is 1.94 bits per heavy atom. The van der Waals surface area contributed by atoms with E-state index in [1.54, 1.807) is 24.3 Å². The van der Waals surface area contributed by atoms with E-state index in [2.05, 4.69) is 25.9 Å². The highest BCUT2D eigenvalue weighted by molar-refractivity contribution is 6.31. The van der Waals surface area contributed by atoms with E-state index in [1.807, 2.05) is 32.0 Å². The molecule has 3 aromatic rings. The van der Waals surface area contributed by atoms with Crippen molar-refractivity contribution in [2.75, 3.05) is 10.6 Å². The van der Waals surface area contributed by atoms with E-state index in [-0.39, 0.29) is 22.7 Å². The Labute approximate surface area is 195 Å². The van der Waals surface area contributed by atoms with Crippen molar-refractivity contribution in [2.45, 2.75) is 38.1 Å². The van der Waals surface area contributed by atoms with E-state index in [4.69, 9.17) is 16.3 Å². The number of anilines is 3. The van der Waals surface area contributed by atoms with Crippen LogP contribution in [0.4, 0.5) is 17.3 Å². The van der Waals surface area contributed by atoms with Crippen molar-refractivity contribution >= 4 is 40.7 Å². The van der Waals surface area contributed by atoms with Crippen LogP contribution in [0.5, 0.6) is 11.6 Å². The zero-order chi connectivity index (χ0) is 23.2. The van der Waals surface area contributed by atoms with Gasteiger partial charge >= 0.3 is 0 Å². The third kappa shape index (κ3) is 4.34. The SMILES string of the molecule is CC1(C)C(=O)Nc2ccc(Nc3ncc(Cl)c(Oc4ccc(C(=O)NC5CC5)cc4)n3)cc21. The highest BCUT2D eigenvalue weighted by Gasteiger charge is 2.38. The van der Waals surface area contributed by atoms with Gasteiger partial charge in [-0.2, -0.15) is 4.98 Å². The van der Waals surface area contributed by atoms with E-state index >= 15 is 0 Å². The fourth-order valence-corrected chi connectivity index (χ4v) is 3.67. The first kappa shape index (κ1) is 21.2. The molecule has 33 heavy (non-hydrogen) atoms. The van der Waals surface area contributed by atoms with Crippen LogP contribution in [-0.4, -0.2) is 27.8 Å². The number of carbonyl (C=O) groups excluding carboxylic acids is 2. The Balaban J connectivity index is 1.31. The zero-order valence-electron chi connectivity index (χ0n) is 18.1. The second-order valence-electron chi connectivity index (χ2n) is 8.69. The maximum absolute atomic E-state index is 12.2. The molecule has 1 aromatic heterocycles. The fourth-order valence-electron chi connectivity index (χ4n) is 3.54. The molecule has 0 radical (unpaired) electrons. The van der Waals surface area contributed by atoms with Crippen LogP contribution >= 0.6 is 11.6 Å². The van der Waals surface area contributed by atoms with E-state index in [9.17, 15) is 9.59 Å². The molecule has 2 aliphatic rings. The Morgan fingerprint density at radius 3 is 2.67 bits per heavy atom. The number of ether oxygens (including phenoxy) is 1. The van der Waals surface area contributed by atoms with Crippen molar-refractivity contribution in [2.24, 2.45) is 0 Å². The summed E-state index contributed by atoms with van der Waals surface area (Å²) in [6, 6.07) is 12.7. The van der Waals surface area contributed by atoms with Gasteiger partial charge in [0.1, 0.15) is 10.8 Å². The number of aromatic nitrogens is 2. The first-order chi connectivity index (χ1) is 15.8. The van der Waals surface area contributed by atoms with E-state index in [0.29, 0.717) is 23.3 Å². The average Bonchev–Trinajstić information content (AvgIpc) is 3.57. The number of benzene rings is 2. The van der Waals surface area contributed by atoms with Gasteiger partial charge in [0.25, 0.3) is 5.91 Å². The Kier molecular flexibility index (Phi) is 5.17. The van der Waals surface area contributed by atoms with Crippen molar-refractivity contribution in [1.29, 1.82) is 0 Å². The van der Waals surface area contributed by atoms with Crippen LogP contribution in [-0.2, 0) is 10.2 Å². The van der Waals surface area contributed by atoms with Crippen LogP contribution in [0.2, 0.25) is 5.02 Å². The number of fused-ring (bicyclic) bond motifs is 1. The quantitative estimate of drug-likeness (QED) is 0.485. The number of rotatable bonds is 6. The lowest BCUT2D eigenvalue weighted by atomic mass is 9.86. The summed E-state index contributed by atoms with van der Waals surface area (Å²) in [6.07, 6.45) is 3.52. The van der Waals surface area contributed by atoms with E-state index in [0.717, 1.165) is 29.8 Å². The molecule has 0 unspecified atom stereocenters. The van der Waals surface area contributed by atoms with Gasteiger partial charge in [-0.05, 0) is 74.7 Å². The minimum atomic E-state index is -0.621. The molecule has 5 rings (SSSR count). The minimum absolute atomic E-state index is 0.0379. The fraction of sp³-hybridized carbons (Fsp3) is 0.250. The Morgan fingerprint density at radius 1 is 1.18 bits per heavy atom. The molecule has 8 nitrogen and oxygen atoms in total. The topological polar surface area (TPSA) is 105 Å². The second-order valence-corrected chi connectivity index (χ2v) is 9.09. The monoisotopic (exact) mass is 463 g/mol. The average molecular weight is 464 g/mol. The van der Waals surface area contributed by atoms with Crippen molar-refractivity contribution in [1.82, 2.24) is 15.3 Å². The number of carbonyl (C=O) groups is 2. The van der Waals surface area contributed by atoms with E-state index < -0.39 is 5.41 Å². The number of amides is 2. The van der Waals surface area contributed by atoms with Gasteiger partial charge in [-0.15, -0.1) is 0 Å². The Bertz CT molecular complexity index is 1260. The van der Waals surface area contributed by atoms with Gasteiger partial charge in [-0.3, -0.25) is 9.59 Å². The van der Waals surface area contributed by atoms with Gasteiger partial charge in [-0.25, -0.2) is 4.98 Å². The molecule has 0 saturated heterocycles. The molecule has 1 fully saturated rings. The summed E-state index contributed by atoms with van der Waals surface area (Å²) < 4.78 is 5.83. The number of nitrogens with zero attached hydrogens (tertiary/aromatic N) is 2. The molecular formula is C24H22ClN5O3. The molecule has 168 valence electrons. The highest BCUT2D eigenvalue weighted by Crippen LogP contribution is 2.39. The predicted octanol–water partition coefficient (Wildman–Crippen LogP) is 4.79. The van der Waals surface area contributed by atoms with E-state index in [1.165, 1.54) is 6.20 Å². The molecule has 3 N–H and O–H groups in total. The number of hydrogen-bond donors (Lipinski definition) is 3. The molecule has 2 heterocycles. The largest absolute Gasteiger partial charge is 0.437 e. The number of hydrogen-bond acceptors (Lipinski definition) is 6. The molecule has 0 atom stereocenters. The molecule has 2 aromatic carbocycles. The number of nitrogens with one attached hydrogen (secondary N) is 3. The third-order valence-electron chi connectivity index (χ3n) is 5.72. The highest BCUT2D eigenvalue weighted by atomic mass is 35.5. The maximum atomic E-state index is 12.2. The Hall–Kier alpha value is -3.65. The summed E-state index contributed by atoms with van der Waals surface area (Å²) in [5.41, 5.74) is 2.37. The van der Waals surface area contributed by atoms with Gasteiger partial charge in [0.15, 0.2) is 0 Å². The summed E-state index contributed by atoms with van der Waals surface area (Å²) >= 11 is 6.24. The standard InChI is InChI=1S/C24H22ClN5O3/c1-24(2)17-11-15(7-10-19(17)29-22(24)32)28-23-26-12-18(25)21(30-23)33-16-8-3-13(4-9-16)20(31)27-14-5-6-14/h3-4,7-12,14H,5-6H2,1-2H3,(H,27,31)(H,29,32)(H,26,28,30). The van der Waals surface area contributed by atoms with Gasteiger partial charge in [0, 0.05) is 23.0 Å². The van der Waals surface area contributed by atoms with Gasteiger partial charge in [0.2, 0.25) is 17.7 Å². The van der Waals surface area contributed by atoms with Gasteiger partial charge in [-0.1, -0.05) is 11.6 Å². The van der Waals surface area contributed by atoms with Crippen molar-refractivity contribution < 1.29 is 14.3 Å².